The van der Waals surface area contributed by atoms with Crippen LogP contribution in [-0.2, 0) is 0 Å². The molecule has 0 aliphatic carbocycles. The van der Waals surface area contributed by atoms with Crippen LogP contribution >= 0.6 is 0 Å². The summed E-state index contributed by atoms with van der Waals surface area (Å²) in [6.07, 6.45) is 0.998. The van der Waals surface area contributed by atoms with E-state index in [1.807, 2.05) is 0 Å². The summed E-state index contributed by atoms with van der Waals surface area (Å²) < 4.78 is 11.3. The topological polar surface area (TPSA) is 20.2 Å². The molecule has 0 spiro atoms. The van der Waals surface area contributed by atoms with Crippen molar-refractivity contribution in [1.29, 1.82) is 0 Å². The fourth-order valence-electron chi connectivity index (χ4n) is 0.255. The fourth-order valence-corrected chi connectivity index (χ4v) is 0.255. The van der Waals surface area contributed by atoms with Crippen LogP contribution < -0.4 is 0 Å². The largest absolute Gasteiger partial charge is 0.390 e. The predicted octanol–water partition coefficient (Wildman–Crippen LogP) is 0.893. The van der Waals surface area contributed by atoms with Gasteiger partial charge in [0.05, 0.1) is 6.10 Å². The maximum absolute atomic E-state index is 11.3. The van der Waals surface area contributed by atoms with Crippen LogP contribution in [-0.4, -0.2) is 17.9 Å². The van der Waals surface area contributed by atoms with Gasteiger partial charge in [0, 0.05) is 0 Å². The molecule has 2 heteroatoms. The summed E-state index contributed by atoms with van der Waals surface area (Å²) in [5.74, 6) is 0. The second-order valence-corrected chi connectivity index (χ2v) is 1.33. The van der Waals surface area contributed by atoms with Crippen molar-refractivity contribution in [2.24, 2.45) is 0 Å². The van der Waals surface area contributed by atoms with Crippen molar-refractivity contribution in [3.8, 4) is 0 Å². The lowest BCUT2D eigenvalue weighted by Crippen LogP contribution is -2.05. The molecule has 7 heavy (non-hydrogen) atoms. The maximum atomic E-state index is 11.3. The highest BCUT2D eigenvalue weighted by molar-refractivity contribution is 4.70. The van der Waals surface area contributed by atoms with Crippen molar-refractivity contribution in [1.82, 2.24) is 0 Å². The lowest BCUT2D eigenvalue weighted by Gasteiger charge is -1.96. The molecule has 0 bridgehead atoms. The number of halogens is 1. The SMILES string of the molecule is C=CCC(O)CF. The Morgan fingerprint density at radius 3 is 2.57 bits per heavy atom. The van der Waals surface area contributed by atoms with Crippen LogP contribution in [0.5, 0.6) is 0 Å². The van der Waals surface area contributed by atoms with E-state index in [2.05, 4.69) is 6.58 Å². The standard InChI is InChI=1S/C5H9FO/c1-2-3-5(7)4-6/h2,5,7H,1,3-4H2. The monoisotopic (exact) mass is 104 g/mol. The molecule has 0 saturated heterocycles. The number of alkyl halides is 1. The van der Waals surface area contributed by atoms with Crippen molar-refractivity contribution >= 4 is 0 Å². The van der Waals surface area contributed by atoms with E-state index in [1.165, 1.54) is 6.08 Å². The molecule has 0 aromatic rings. The summed E-state index contributed by atoms with van der Waals surface area (Å²) in [5, 5.41) is 8.41. The Labute approximate surface area is 42.5 Å². The highest BCUT2D eigenvalue weighted by atomic mass is 19.1. The van der Waals surface area contributed by atoms with Crippen LogP contribution in [0.3, 0.4) is 0 Å². The van der Waals surface area contributed by atoms with Gasteiger partial charge in [-0.2, -0.15) is 0 Å². The van der Waals surface area contributed by atoms with Gasteiger partial charge in [-0.15, -0.1) is 6.58 Å². The highest BCUT2D eigenvalue weighted by Gasteiger charge is 1.95. The van der Waals surface area contributed by atoms with E-state index >= 15 is 0 Å². The van der Waals surface area contributed by atoms with Crippen LogP contribution in [0.1, 0.15) is 6.42 Å². The Balaban J connectivity index is 2.98. The molecular weight excluding hydrogens is 95.1 g/mol. The van der Waals surface area contributed by atoms with E-state index in [1.54, 1.807) is 0 Å². The minimum absolute atomic E-state index is 0.344. The summed E-state index contributed by atoms with van der Waals surface area (Å²) in [7, 11) is 0. The number of hydrogen-bond donors (Lipinski definition) is 1. The minimum atomic E-state index is -0.836. The van der Waals surface area contributed by atoms with E-state index in [0.29, 0.717) is 6.42 Å². The van der Waals surface area contributed by atoms with E-state index in [0.717, 1.165) is 0 Å². The van der Waals surface area contributed by atoms with Crippen LogP contribution in [0.15, 0.2) is 12.7 Å². The molecule has 1 unspecified atom stereocenters. The fraction of sp³-hybridized carbons (Fsp3) is 0.600. The first kappa shape index (κ1) is 6.63. The van der Waals surface area contributed by atoms with Crippen molar-refractivity contribution in [2.75, 3.05) is 6.67 Å². The summed E-state index contributed by atoms with van der Waals surface area (Å²) in [6, 6.07) is 0. The number of rotatable bonds is 3. The Morgan fingerprint density at radius 2 is 2.43 bits per heavy atom. The molecule has 1 nitrogen and oxygen atoms in total. The van der Waals surface area contributed by atoms with Gasteiger partial charge in [-0.05, 0) is 6.42 Å². The van der Waals surface area contributed by atoms with Gasteiger partial charge in [-0.25, -0.2) is 4.39 Å². The lowest BCUT2D eigenvalue weighted by molar-refractivity contribution is 0.143. The van der Waals surface area contributed by atoms with Crippen molar-refractivity contribution in [3.05, 3.63) is 12.7 Å². The van der Waals surface area contributed by atoms with Gasteiger partial charge >= 0.3 is 0 Å². The summed E-state index contributed by atoms with van der Waals surface area (Å²) in [6.45, 7) is 2.65. The quantitative estimate of drug-likeness (QED) is 0.527. The third-order valence-corrected chi connectivity index (χ3v) is 0.617. The Hall–Kier alpha value is -0.370. The van der Waals surface area contributed by atoms with Crippen molar-refractivity contribution in [2.45, 2.75) is 12.5 Å². The Kier molecular flexibility index (Phi) is 3.61. The molecule has 0 saturated carbocycles. The number of aliphatic hydroxyl groups is 1. The summed E-state index contributed by atoms with van der Waals surface area (Å²) in [4.78, 5) is 0. The minimum Gasteiger partial charge on any atom is -0.390 e. The van der Waals surface area contributed by atoms with Gasteiger partial charge in [-0.1, -0.05) is 6.08 Å². The normalized spacial score (nSPS) is 13.4. The second-order valence-electron chi connectivity index (χ2n) is 1.33. The third-order valence-electron chi connectivity index (χ3n) is 0.617. The molecule has 0 fully saturated rings. The first-order chi connectivity index (χ1) is 3.31. The first-order valence-electron chi connectivity index (χ1n) is 2.16. The molecule has 0 aromatic carbocycles. The zero-order valence-corrected chi connectivity index (χ0v) is 4.10. The van der Waals surface area contributed by atoms with Crippen molar-refractivity contribution < 1.29 is 9.50 Å². The van der Waals surface area contributed by atoms with Gasteiger partial charge in [0.2, 0.25) is 0 Å². The van der Waals surface area contributed by atoms with Crippen LogP contribution in [0.25, 0.3) is 0 Å². The van der Waals surface area contributed by atoms with E-state index < -0.39 is 12.8 Å². The zero-order chi connectivity index (χ0) is 5.70. The van der Waals surface area contributed by atoms with Gasteiger partial charge in [0.1, 0.15) is 6.67 Å². The van der Waals surface area contributed by atoms with Crippen molar-refractivity contribution in [3.63, 3.8) is 0 Å². The average Bonchev–Trinajstić information content (AvgIpc) is 1.68. The van der Waals surface area contributed by atoms with Gasteiger partial charge in [0.25, 0.3) is 0 Å². The van der Waals surface area contributed by atoms with Crippen LogP contribution in [0, 0.1) is 0 Å². The summed E-state index contributed by atoms with van der Waals surface area (Å²) in [5.41, 5.74) is 0. The van der Waals surface area contributed by atoms with E-state index in [9.17, 15) is 4.39 Å². The maximum Gasteiger partial charge on any atom is 0.116 e. The molecule has 42 valence electrons. The van der Waals surface area contributed by atoms with Gasteiger partial charge in [0.15, 0.2) is 0 Å². The van der Waals surface area contributed by atoms with Gasteiger partial charge < -0.3 is 5.11 Å². The third kappa shape index (κ3) is 3.46. The summed E-state index contributed by atoms with van der Waals surface area (Å²) >= 11 is 0. The molecular formula is C5H9FO. The molecule has 1 atom stereocenters. The average molecular weight is 104 g/mol. The van der Waals surface area contributed by atoms with Crippen LogP contribution in [0.4, 0.5) is 4.39 Å². The van der Waals surface area contributed by atoms with Gasteiger partial charge in [-0.3, -0.25) is 0 Å². The predicted molar refractivity (Wildman–Crippen MR) is 26.8 cm³/mol. The molecule has 0 heterocycles. The molecule has 0 aliphatic heterocycles. The smallest absolute Gasteiger partial charge is 0.116 e. The lowest BCUT2D eigenvalue weighted by atomic mass is 10.3. The Bertz CT molecular complexity index is 54.0. The van der Waals surface area contributed by atoms with E-state index in [4.69, 9.17) is 5.11 Å². The highest BCUT2D eigenvalue weighted by Crippen LogP contribution is 1.90. The van der Waals surface area contributed by atoms with Crippen LogP contribution in [0.2, 0.25) is 0 Å². The molecule has 0 amide bonds. The van der Waals surface area contributed by atoms with E-state index in [-0.39, 0.29) is 0 Å². The molecule has 1 N–H and O–H groups in total. The molecule has 0 aromatic heterocycles. The number of hydrogen-bond acceptors (Lipinski definition) is 1. The molecule has 0 rings (SSSR count). The second kappa shape index (κ2) is 3.81. The first-order valence-corrected chi connectivity index (χ1v) is 2.16. The number of aliphatic hydroxyl groups excluding tert-OH is 1. The molecule has 0 aliphatic rings. The molecule has 0 radical (unpaired) electrons. The zero-order valence-electron chi connectivity index (χ0n) is 4.10. The Morgan fingerprint density at radius 1 is 1.86 bits per heavy atom.